The first-order chi connectivity index (χ1) is 13.8. The molecule has 154 valence electrons. The lowest BCUT2D eigenvalue weighted by Gasteiger charge is -2.26. The molecule has 4 nitrogen and oxygen atoms in total. The first kappa shape index (κ1) is 19.7. The van der Waals surface area contributed by atoms with E-state index in [2.05, 4.69) is 26.3 Å². The van der Waals surface area contributed by atoms with E-state index in [9.17, 15) is 13.2 Å². The molecule has 7 heteroatoms. The maximum atomic E-state index is 12.9. The summed E-state index contributed by atoms with van der Waals surface area (Å²) in [5.41, 5.74) is 2.29. The molecule has 1 aromatic heterocycles. The zero-order chi connectivity index (χ0) is 20.6. The third-order valence-corrected chi connectivity index (χ3v) is 6.18. The molecule has 0 aliphatic carbocycles. The molecule has 2 fully saturated rings. The van der Waals surface area contributed by atoms with Crippen LogP contribution in [0.2, 0.25) is 0 Å². The van der Waals surface area contributed by atoms with Crippen molar-refractivity contribution in [3.05, 3.63) is 65.8 Å². The number of halogens is 3. The molecule has 0 spiro atoms. The van der Waals surface area contributed by atoms with Crippen molar-refractivity contribution in [1.29, 1.82) is 0 Å². The van der Waals surface area contributed by atoms with Crippen LogP contribution in [-0.2, 0) is 6.18 Å². The molecule has 0 saturated carbocycles. The summed E-state index contributed by atoms with van der Waals surface area (Å²) in [6, 6.07) is 6.05. The number of aromatic nitrogens is 2. The highest BCUT2D eigenvalue weighted by Crippen LogP contribution is 2.37. The molecule has 0 amide bonds. The maximum absolute atomic E-state index is 12.9. The standard InChI is InChI=1S/C22H25F3N4/c1-15-11-19(22(23,24)25)3-4-20(15)18-7-9-28(13-18)16(2)17-6-10-29(12-17)21-5-8-26-14-27-21/h3-5,8,11,14,17-18H,2,6-7,9-10,12-13H2,1H3. The highest BCUT2D eigenvalue weighted by Gasteiger charge is 2.34. The summed E-state index contributed by atoms with van der Waals surface area (Å²) in [6.45, 7) is 9.67. The van der Waals surface area contributed by atoms with Gasteiger partial charge in [-0.1, -0.05) is 12.6 Å². The van der Waals surface area contributed by atoms with Gasteiger partial charge in [0, 0.05) is 49.9 Å². The average Bonchev–Trinajstić information content (AvgIpc) is 3.37. The van der Waals surface area contributed by atoms with Gasteiger partial charge in [-0.25, -0.2) is 9.97 Å². The molecule has 2 aliphatic heterocycles. The maximum Gasteiger partial charge on any atom is 0.416 e. The fourth-order valence-electron chi connectivity index (χ4n) is 4.55. The molecule has 3 heterocycles. The van der Waals surface area contributed by atoms with Gasteiger partial charge in [-0.3, -0.25) is 0 Å². The van der Waals surface area contributed by atoms with Gasteiger partial charge < -0.3 is 9.80 Å². The lowest BCUT2D eigenvalue weighted by molar-refractivity contribution is -0.137. The third kappa shape index (κ3) is 4.09. The minimum absolute atomic E-state index is 0.244. The molecule has 2 aliphatic rings. The quantitative estimate of drug-likeness (QED) is 0.746. The summed E-state index contributed by atoms with van der Waals surface area (Å²) < 4.78 is 38.8. The Morgan fingerprint density at radius 3 is 2.66 bits per heavy atom. The molecule has 0 bridgehead atoms. The van der Waals surface area contributed by atoms with Crippen LogP contribution in [0.1, 0.15) is 35.4 Å². The topological polar surface area (TPSA) is 32.3 Å². The fraction of sp³-hybridized carbons (Fsp3) is 0.455. The van der Waals surface area contributed by atoms with Crippen LogP contribution in [0.4, 0.5) is 19.0 Å². The molecule has 1 aromatic carbocycles. The van der Waals surface area contributed by atoms with E-state index < -0.39 is 11.7 Å². The Bertz CT molecular complexity index is 881. The summed E-state index contributed by atoms with van der Waals surface area (Å²) >= 11 is 0. The molecule has 29 heavy (non-hydrogen) atoms. The number of nitrogens with zero attached hydrogens (tertiary/aromatic N) is 4. The summed E-state index contributed by atoms with van der Waals surface area (Å²) in [4.78, 5) is 12.9. The van der Waals surface area contributed by atoms with Gasteiger partial charge in [-0.05, 0) is 49.1 Å². The van der Waals surface area contributed by atoms with Gasteiger partial charge in [-0.15, -0.1) is 0 Å². The predicted molar refractivity (Wildman–Crippen MR) is 107 cm³/mol. The van der Waals surface area contributed by atoms with Crippen molar-refractivity contribution in [2.24, 2.45) is 5.92 Å². The summed E-state index contributed by atoms with van der Waals surface area (Å²) in [7, 11) is 0. The Hall–Kier alpha value is -2.57. The van der Waals surface area contributed by atoms with Crippen molar-refractivity contribution in [2.75, 3.05) is 31.1 Å². The molecule has 2 aromatic rings. The summed E-state index contributed by atoms with van der Waals surface area (Å²) in [5.74, 6) is 1.56. The van der Waals surface area contributed by atoms with Crippen molar-refractivity contribution < 1.29 is 13.2 Å². The molecule has 0 radical (unpaired) electrons. The van der Waals surface area contributed by atoms with E-state index in [1.54, 1.807) is 25.5 Å². The van der Waals surface area contributed by atoms with Crippen LogP contribution in [-0.4, -0.2) is 41.0 Å². The first-order valence-corrected chi connectivity index (χ1v) is 9.95. The average molecular weight is 402 g/mol. The highest BCUT2D eigenvalue weighted by molar-refractivity contribution is 5.39. The van der Waals surface area contributed by atoms with Crippen molar-refractivity contribution in [3.8, 4) is 0 Å². The molecule has 2 atom stereocenters. The highest BCUT2D eigenvalue weighted by atomic mass is 19.4. The normalized spacial score (nSPS) is 22.3. The number of hydrogen-bond donors (Lipinski definition) is 0. The van der Waals surface area contributed by atoms with Crippen molar-refractivity contribution in [3.63, 3.8) is 0 Å². The Kier molecular flexibility index (Phi) is 5.23. The molecular formula is C22H25F3N4. The van der Waals surface area contributed by atoms with Crippen LogP contribution in [0.3, 0.4) is 0 Å². The molecule has 0 N–H and O–H groups in total. The van der Waals surface area contributed by atoms with Gasteiger partial charge in [0.2, 0.25) is 0 Å². The number of aryl methyl sites for hydroxylation is 1. The van der Waals surface area contributed by atoms with Crippen molar-refractivity contribution in [1.82, 2.24) is 14.9 Å². The first-order valence-electron chi connectivity index (χ1n) is 9.95. The summed E-state index contributed by atoms with van der Waals surface area (Å²) in [6.07, 6.45) is 0.991. The van der Waals surface area contributed by atoms with Gasteiger partial charge in [0.05, 0.1) is 5.56 Å². The lowest BCUT2D eigenvalue weighted by Crippen LogP contribution is -2.27. The Morgan fingerprint density at radius 2 is 1.97 bits per heavy atom. The van der Waals surface area contributed by atoms with Crippen LogP contribution < -0.4 is 4.90 Å². The van der Waals surface area contributed by atoms with E-state index in [4.69, 9.17) is 0 Å². The third-order valence-electron chi connectivity index (χ3n) is 6.18. The number of benzene rings is 1. The Morgan fingerprint density at radius 1 is 1.14 bits per heavy atom. The molecule has 2 unspecified atom stereocenters. The van der Waals surface area contributed by atoms with E-state index in [0.29, 0.717) is 11.5 Å². The molecule has 4 rings (SSSR count). The zero-order valence-corrected chi connectivity index (χ0v) is 16.5. The fourth-order valence-corrected chi connectivity index (χ4v) is 4.55. The smallest absolute Gasteiger partial charge is 0.374 e. The van der Waals surface area contributed by atoms with Gasteiger partial charge >= 0.3 is 6.18 Å². The number of hydrogen-bond acceptors (Lipinski definition) is 4. The number of rotatable bonds is 4. The Labute approximate surface area is 169 Å². The van der Waals surface area contributed by atoms with Crippen LogP contribution >= 0.6 is 0 Å². The second-order valence-corrected chi connectivity index (χ2v) is 7.99. The predicted octanol–water partition coefficient (Wildman–Crippen LogP) is 4.63. The van der Waals surface area contributed by atoms with E-state index in [1.807, 2.05) is 6.07 Å². The van der Waals surface area contributed by atoms with Gasteiger partial charge in [0.1, 0.15) is 12.1 Å². The van der Waals surface area contributed by atoms with Crippen LogP contribution in [0.15, 0.2) is 49.1 Å². The SMILES string of the molecule is C=C(C1CCN(c2ccncn2)C1)N1CCC(c2ccc(C(F)(F)F)cc2C)C1. The van der Waals surface area contributed by atoms with E-state index in [1.165, 1.54) is 12.1 Å². The van der Waals surface area contributed by atoms with E-state index in [-0.39, 0.29) is 5.92 Å². The van der Waals surface area contributed by atoms with Crippen LogP contribution in [0.5, 0.6) is 0 Å². The number of anilines is 1. The van der Waals surface area contributed by atoms with Gasteiger partial charge in [0.15, 0.2) is 0 Å². The minimum atomic E-state index is -4.29. The van der Waals surface area contributed by atoms with E-state index >= 15 is 0 Å². The van der Waals surface area contributed by atoms with E-state index in [0.717, 1.165) is 56.1 Å². The Balaban J connectivity index is 1.39. The number of alkyl halides is 3. The second kappa shape index (κ2) is 7.69. The van der Waals surface area contributed by atoms with Gasteiger partial charge in [0.25, 0.3) is 0 Å². The van der Waals surface area contributed by atoms with Crippen LogP contribution in [0, 0.1) is 12.8 Å². The monoisotopic (exact) mass is 402 g/mol. The second-order valence-electron chi connectivity index (χ2n) is 7.99. The molecule has 2 saturated heterocycles. The van der Waals surface area contributed by atoms with Crippen molar-refractivity contribution in [2.45, 2.75) is 31.9 Å². The largest absolute Gasteiger partial charge is 0.416 e. The van der Waals surface area contributed by atoms with Gasteiger partial charge in [-0.2, -0.15) is 13.2 Å². The zero-order valence-electron chi connectivity index (χ0n) is 16.5. The van der Waals surface area contributed by atoms with Crippen LogP contribution in [0.25, 0.3) is 0 Å². The summed E-state index contributed by atoms with van der Waals surface area (Å²) in [5, 5.41) is 0. The minimum Gasteiger partial charge on any atom is -0.374 e. The number of likely N-dealkylation sites (tertiary alicyclic amines) is 1. The lowest BCUT2D eigenvalue weighted by atomic mass is 9.92. The van der Waals surface area contributed by atoms with Crippen molar-refractivity contribution >= 4 is 5.82 Å². The molecular weight excluding hydrogens is 377 g/mol.